The van der Waals surface area contributed by atoms with Crippen LogP contribution in [0, 0.1) is 10.4 Å². The van der Waals surface area contributed by atoms with E-state index in [2.05, 4.69) is 16.0 Å². The van der Waals surface area contributed by atoms with E-state index in [1.165, 1.54) is 12.2 Å². The summed E-state index contributed by atoms with van der Waals surface area (Å²) in [5.41, 5.74) is 7.13. The molecule has 1 fully saturated rings. The van der Waals surface area contributed by atoms with Gasteiger partial charge in [0.15, 0.2) is 5.82 Å². The number of nitrogens with one attached hydrogen (secondary N) is 2. The SMILES string of the molecule is CC=C[C@H]1NN2C(=NNC2=C2C=CC(=[N+]([O-])[O-])C=C2)S1. The Bertz CT molecular complexity index is 595. The highest BCUT2D eigenvalue weighted by Crippen LogP contribution is 2.30. The molecular formula is C12H12N5O2S-. The Morgan fingerprint density at radius 3 is 2.75 bits per heavy atom. The molecule has 0 aromatic rings. The number of hydrogen-bond donors (Lipinski definition) is 2. The molecule has 8 heteroatoms. The number of allylic oxidation sites excluding steroid dienone is 6. The molecule has 0 spiro atoms. The third-order valence-corrected chi connectivity index (χ3v) is 3.88. The van der Waals surface area contributed by atoms with Gasteiger partial charge in [0.05, 0.1) is 5.37 Å². The Labute approximate surface area is 119 Å². The molecule has 1 saturated heterocycles. The summed E-state index contributed by atoms with van der Waals surface area (Å²) in [6.45, 7) is 1.96. The number of fused-ring (bicyclic) bond motifs is 1. The fraction of sp³-hybridized carbons (Fsp3) is 0.167. The molecule has 7 nitrogen and oxygen atoms in total. The van der Waals surface area contributed by atoms with E-state index in [1.807, 2.05) is 24.1 Å². The Balaban J connectivity index is 1.84. The fourth-order valence-electron chi connectivity index (χ4n) is 1.95. The van der Waals surface area contributed by atoms with E-state index in [4.69, 9.17) is 0 Å². The van der Waals surface area contributed by atoms with E-state index in [0.717, 1.165) is 16.6 Å². The van der Waals surface area contributed by atoms with Gasteiger partial charge in [-0.05, 0) is 19.1 Å². The number of hydrazine groups is 1. The van der Waals surface area contributed by atoms with Crippen molar-refractivity contribution in [1.29, 1.82) is 0 Å². The minimum Gasteiger partial charge on any atom is -0.612 e. The minimum absolute atomic E-state index is 0.0732. The standard InChI is InChI=1S/C12H12N5O2S/c1-2-3-10-15-16-11(13-14-12(16)20-10)8-4-6-9(7-5-8)17(18)19/h2-7,10,13,15H,1H3/q-1/t10-/m0/s1. The maximum atomic E-state index is 10.7. The Morgan fingerprint density at radius 2 is 2.10 bits per heavy atom. The first-order chi connectivity index (χ1) is 9.69. The van der Waals surface area contributed by atoms with Crippen LogP contribution in [0.15, 0.2) is 53.0 Å². The number of thioether (sulfide) groups is 1. The van der Waals surface area contributed by atoms with Gasteiger partial charge in [-0.3, -0.25) is 5.43 Å². The highest BCUT2D eigenvalue weighted by atomic mass is 32.2. The molecule has 2 N–H and O–H groups in total. The summed E-state index contributed by atoms with van der Waals surface area (Å²) in [6, 6.07) is 0. The molecule has 1 aliphatic carbocycles. The van der Waals surface area contributed by atoms with Gasteiger partial charge >= 0.3 is 0 Å². The van der Waals surface area contributed by atoms with Crippen molar-refractivity contribution in [2.24, 2.45) is 5.10 Å². The average molecular weight is 290 g/mol. The van der Waals surface area contributed by atoms with Crippen LogP contribution in [0.1, 0.15) is 6.92 Å². The first kappa shape index (κ1) is 12.8. The number of amidine groups is 1. The van der Waals surface area contributed by atoms with Gasteiger partial charge in [-0.1, -0.05) is 23.9 Å². The van der Waals surface area contributed by atoms with Crippen LogP contribution >= 0.6 is 11.8 Å². The molecule has 2 aliphatic heterocycles. The predicted molar refractivity (Wildman–Crippen MR) is 79.0 cm³/mol. The quantitative estimate of drug-likeness (QED) is 0.427. The van der Waals surface area contributed by atoms with E-state index < -0.39 is 4.90 Å². The highest BCUT2D eigenvalue weighted by Gasteiger charge is 2.34. The molecule has 20 heavy (non-hydrogen) atoms. The van der Waals surface area contributed by atoms with Crippen molar-refractivity contribution in [2.75, 3.05) is 0 Å². The van der Waals surface area contributed by atoms with Gasteiger partial charge in [0.2, 0.25) is 10.9 Å². The molecule has 0 amide bonds. The number of nitrogens with zero attached hydrogens (tertiary/aromatic N) is 3. The molecule has 0 aromatic heterocycles. The van der Waals surface area contributed by atoms with Crippen LogP contribution in [0.3, 0.4) is 0 Å². The molecule has 3 aliphatic rings. The lowest BCUT2D eigenvalue weighted by atomic mass is 10.1. The zero-order valence-corrected chi connectivity index (χ0v) is 11.4. The lowest BCUT2D eigenvalue weighted by Crippen LogP contribution is -2.36. The Hall–Kier alpha value is -2.19. The predicted octanol–water partition coefficient (Wildman–Crippen LogP) is 1.10. The second kappa shape index (κ2) is 5.06. The molecule has 2 heterocycles. The van der Waals surface area contributed by atoms with Gasteiger partial charge in [-0.15, -0.1) is 5.10 Å². The maximum absolute atomic E-state index is 10.7. The summed E-state index contributed by atoms with van der Waals surface area (Å²) in [5.74, 6) is 0.773. The molecule has 0 bridgehead atoms. The van der Waals surface area contributed by atoms with Crippen molar-refractivity contribution in [1.82, 2.24) is 15.9 Å². The summed E-state index contributed by atoms with van der Waals surface area (Å²) >= 11 is 1.60. The van der Waals surface area contributed by atoms with Crippen LogP contribution in [0.4, 0.5) is 0 Å². The summed E-state index contributed by atoms with van der Waals surface area (Å²) in [7, 11) is 0. The lowest BCUT2D eigenvalue weighted by molar-refractivity contribution is -0.377. The van der Waals surface area contributed by atoms with Crippen molar-refractivity contribution < 1.29 is 4.90 Å². The second-order valence-electron chi connectivity index (χ2n) is 4.19. The highest BCUT2D eigenvalue weighted by molar-refractivity contribution is 8.14. The summed E-state index contributed by atoms with van der Waals surface area (Å²) < 4.78 is 0. The van der Waals surface area contributed by atoms with E-state index in [9.17, 15) is 10.4 Å². The first-order valence-electron chi connectivity index (χ1n) is 6.00. The molecular weight excluding hydrogens is 278 g/mol. The van der Waals surface area contributed by atoms with Crippen molar-refractivity contribution in [3.8, 4) is 0 Å². The summed E-state index contributed by atoms with van der Waals surface area (Å²) in [5, 5.41) is 28.4. The minimum atomic E-state index is -0.412. The molecule has 0 radical (unpaired) electrons. The first-order valence-corrected chi connectivity index (χ1v) is 6.88. The van der Waals surface area contributed by atoms with E-state index in [-0.39, 0.29) is 11.1 Å². The van der Waals surface area contributed by atoms with Gasteiger partial charge in [-0.2, -0.15) is 4.90 Å². The summed E-state index contributed by atoms with van der Waals surface area (Å²) in [6.07, 6.45) is 10.4. The van der Waals surface area contributed by atoms with Crippen molar-refractivity contribution in [2.45, 2.75) is 12.3 Å². The van der Waals surface area contributed by atoms with E-state index >= 15 is 0 Å². The van der Waals surface area contributed by atoms with Gasteiger partial charge in [0.25, 0.3) is 0 Å². The van der Waals surface area contributed by atoms with Crippen LogP contribution in [0.5, 0.6) is 0 Å². The molecule has 0 aromatic carbocycles. The average Bonchev–Trinajstić information content (AvgIpc) is 2.99. The van der Waals surface area contributed by atoms with Crippen LogP contribution in [-0.2, 0) is 0 Å². The van der Waals surface area contributed by atoms with Gasteiger partial charge in [-0.25, -0.2) is 10.4 Å². The van der Waals surface area contributed by atoms with E-state index in [0.29, 0.717) is 0 Å². The third kappa shape index (κ3) is 2.19. The van der Waals surface area contributed by atoms with Crippen molar-refractivity contribution in [3.05, 3.63) is 58.3 Å². The van der Waals surface area contributed by atoms with Crippen LogP contribution in [0.2, 0.25) is 0 Å². The van der Waals surface area contributed by atoms with Gasteiger partial charge in [0.1, 0.15) is 0 Å². The molecule has 1 atom stereocenters. The summed E-state index contributed by atoms with van der Waals surface area (Å²) in [4.78, 5) is -0.412. The molecule has 104 valence electrons. The van der Waals surface area contributed by atoms with Crippen LogP contribution in [-0.4, -0.2) is 26.2 Å². The third-order valence-electron chi connectivity index (χ3n) is 2.88. The van der Waals surface area contributed by atoms with Crippen molar-refractivity contribution >= 4 is 22.6 Å². The second-order valence-corrected chi connectivity index (χ2v) is 5.30. The Morgan fingerprint density at radius 1 is 1.35 bits per heavy atom. The van der Waals surface area contributed by atoms with Crippen LogP contribution < -0.4 is 10.9 Å². The number of rotatable bonds is 1. The topological polar surface area (TPSA) is 88.8 Å². The fourth-order valence-corrected chi connectivity index (χ4v) is 2.92. The van der Waals surface area contributed by atoms with Crippen LogP contribution in [0.25, 0.3) is 0 Å². The zero-order valence-electron chi connectivity index (χ0n) is 10.6. The molecule has 0 saturated carbocycles. The number of hydrogen-bond acceptors (Lipinski definition) is 7. The monoisotopic (exact) mass is 290 g/mol. The lowest BCUT2D eigenvalue weighted by Gasteiger charge is -2.17. The smallest absolute Gasteiger partial charge is 0.222 e. The van der Waals surface area contributed by atoms with Gasteiger partial charge in [0, 0.05) is 17.7 Å². The molecule has 0 unspecified atom stereocenters. The normalized spacial score (nSPS) is 24.4. The zero-order chi connectivity index (χ0) is 14.1. The van der Waals surface area contributed by atoms with E-state index in [1.54, 1.807) is 23.9 Å². The van der Waals surface area contributed by atoms with Gasteiger partial charge < -0.3 is 10.4 Å². The largest absolute Gasteiger partial charge is 0.612 e. The van der Waals surface area contributed by atoms with Crippen molar-refractivity contribution in [3.63, 3.8) is 0 Å². The molecule has 3 rings (SSSR count). The maximum Gasteiger partial charge on any atom is 0.222 e. The Kier molecular flexibility index (Phi) is 3.25. The number of hydrazone groups is 1.